The molecule has 8 aliphatic carbocycles. The van der Waals surface area contributed by atoms with Gasteiger partial charge in [-0.2, -0.15) is 0 Å². The van der Waals surface area contributed by atoms with Crippen LogP contribution in [0.4, 0.5) is 0 Å². The van der Waals surface area contributed by atoms with Crippen LogP contribution in [0.15, 0.2) is 91.0 Å². The predicted octanol–water partition coefficient (Wildman–Crippen LogP) is 15.4. The minimum Gasteiger partial charge on any atom is -0.509 e. The first-order valence-corrected chi connectivity index (χ1v) is 40.3. The first-order chi connectivity index (χ1) is 50.7. The van der Waals surface area contributed by atoms with E-state index in [0.29, 0.717) is 11.1 Å². The van der Waals surface area contributed by atoms with Crippen LogP contribution < -0.4 is 0 Å². The van der Waals surface area contributed by atoms with Gasteiger partial charge in [-0.3, -0.25) is 19.2 Å². The van der Waals surface area contributed by atoms with E-state index in [1.807, 2.05) is 0 Å². The van der Waals surface area contributed by atoms with Crippen molar-refractivity contribution >= 4 is 187 Å². The molecule has 12 rings (SSSR count). The molecule has 0 radical (unpaired) electrons. The number of methoxy groups -OCH3 is 2. The molecule has 36 heteroatoms. The van der Waals surface area contributed by atoms with Crippen LogP contribution in [0.1, 0.15) is 159 Å². The Morgan fingerprint density at radius 2 is 0.755 bits per heavy atom. The summed E-state index contributed by atoms with van der Waals surface area (Å²) in [5, 5.41) is 82.6. The first kappa shape index (κ1) is 91.7. The van der Waals surface area contributed by atoms with Gasteiger partial charge in [0.2, 0.25) is 0 Å². The third-order valence-electron chi connectivity index (χ3n) is 24.7. The fourth-order valence-electron chi connectivity index (χ4n) is 20.9. The molecule has 614 valence electrons. The minimum absolute atomic E-state index is 0.0541. The van der Waals surface area contributed by atoms with Crippen LogP contribution >= 0.6 is 139 Å². The number of aliphatic hydroxyl groups excluding tert-OH is 4. The number of hydrogen-bond donors (Lipinski definition) is 6. The lowest BCUT2D eigenvalue weighted by Crippen LogP contribution is -2.78. The highest BCUT2D eigenvalue weighted by Crippen LogP contribution is 2.85. The maximum atomic E-state index is 16.5. The largest absolute Gasteiger partial charge is 0.509 e. The second-order valence-corrected chi connectivity index (χ2v) is 39.7. The summed E-state index contributed by atoms with van der Waals surface area (Å²) in [5.41, 5.74) is -23.0. The summed E-state index contributed by atoms with van der Waals surface area (Å²) in [4.78, 5) is 119. The summed E-state index contributed by atoms with van der Waals surface area (Å²) in [5.74, 6) is -19.4. The number of cyclic esters (lactones) is 2. The number of alkyl halides is 12. The SMILES string of the molecule is COC(=O)[C@H](O)[C@H]1[C@@]2(C)C[C@@]3(OC(=O)C(C)C)[C@]1(C)[C@H]1CC[C@]4(C)C(=C(C5=C6C7=C(O)[C@@]8(O)[C@@H](OC(=O)C(C)C)[C@]9(C)C[C@@]8(OC(=O)C(C)C)[C@](C)([C@H]7CC[C@@]6(C)[C@H](c6ccoc6)OC5=O)[C@H]9[C@@H](O)C(=O)OC)C(=O)O[C@H]4c4ccoc4)C1=C(O)[C@@]3(O)[C@H]2OC(=O)C(C)C.ClC(Cl)Cl.ClC(Cl)Cl.ClC(Cl)Cl.ClC(Cl)Cl. The van der Waals surface area contributed by atoms with E-state index in [1.165, 1.54) is 52.7 Å². The van der Waals surface area contributed by atoms with Gasteiger partial charge in [0.1, 0.15) is 35.9 Å². The monoisotopic (exact) mass is 1780 g/mol. The van der Waals surface area contributed by atoms with E-state index in [-0.39, 0.29) is 48.0 Å². The predicted molar refractivity (Wildman–Crippen MR) is 407 cm³/mol. The summed E-state index contributed by atoms with van der Waals surface area (Å²) in [7, 11) is 2.11. The zero-order valence-corrected chi connectivity index (χ0v) is 71.7. The lowest BCUT2D eigenvalue weighted by atomic mass is 9.40. The van der Waals surface area contributed by atoms with Crippen molar-refractivity contribution in [2.75, 3.05) is 14.2 Å². The van der Waals surface area contributed by atoms with Gasteiger partial charge in [0.15, 0.2) is 51.8 Å². The van der Waals surface area contributed by atoms with Crippen LogP contribution in [-0.2, 0) is 76.3 Å². The topological polar surface area (TPSA) is 358 Å². The number of hydrogen-bond acceptors (Lipinski definition) is 24. The van der Waals surface area contributed by atoms with Crippen LogP contribution in [0.3, 0.4) is 0 Å². The molecule has 2 aromatic rings. The minimum atomic E-state index is -3.02. The third kappa shape index (κ3) is 14.1. The van der Waals surface area contributed by atoms with E-state index >= 15 is 9.59 Å². The van der Waals surface area contributed by atoms with E-state index in [9.17, 15) is 59.4 Å². The molecule has 24 nitrogen and oxygen atoms in total. The smallest absolute Gasteiger partial charge is 0.339 e. The lowest BCUT2D eigenvalue weighted by Gasteiger charge is -2.67. The van der Waals surface area contributed by atoms with Crippen molar-refractivity contribution in [2.45, 2.75) is 212 Å². The molecule has 4 bridgehead atoms. The van der Waals surface area contributed by atoms with Gasteiger partial charge in [-0.05, 0) is 60.8 Å². The van der Waals surface area contributed by atoms with E-state index in [1.54, 1.807) is 81.4 Å². The van der Waals surface area contributed by atoms with Crippen molar-refractivity contribution in [1.82, 2.24) is 0 Å². The van der Waals surface area contributed by atoms with Crippen molar-refractivity contribution in [1.29, 1.82) is 0 Å². The Morgan fingerprint density at radius 3 is 1.00 bits per heavy atom. The summed E-state index contributed by atoms with van der Waals surface area (Å²) in [6, 6.07) is 3.10. The number of esters is 8. The number of fused-ring (bicyclic) bond motifs is 10. The van der Waals surface area contributed by atoms with Crippen molar-refractivity contribution in [3.63, 3.8) is 0 Å². The average molecular weight is 1790 g/mol. The lowest BCUT2D eigenvalue weighted by molar-refractivity contribution is -0.294. The molecule has 10 aliphatic rings. The second kappa shape index (κ2) is 32.9. The molecule has 6 N–H and O–H groups in total. The quantitative estimate of drug-likeness (QED) is 0.0548. The summed E-state index contributed by atoms with van der Waals surface area (Å²) in [6.07, 6.45) is -6.57. The molecule has 6 fully saturated rings. The highest BCUT2D eigenvalue weighted by atomic mass is 35.6. The molecule has 2 aromatic heterocycles. The molecule has 0 saturated heterocycles. The molecule has 0 unspecified atom stereocenters. The fourth-order valence-corrected chi connectivity index (χ4v) is 20.9. The Kier molecular flexibility index (Phi) is 27.5. The number of rotatable bonds is 15. The molecule has 0 aromatic carbocycles. The first-order valence-electron chi connectivity index (χ1n) is 35.1. The molecule has 4 heterocycles. The number of allylic oxidation sites excluding steroid dienone is 2. The number of furan rings is 2. The maximum Gasteiger partial charge on any atom is 0.339 e. The van der Waals surface area contributed by atoms with Crippen LogP contribution in [0.5, 0.6) is 0 Å². The number of ether oxygens (including phenoxy) is 8. The van der Waals surface area contributed by atoms with Gasteiger partial charge in [0.25, 0.3) is 0 Å². The van der Waals surface area contributed by atoms with Crippen LogP contribution in [0, 0.1) is 79.8 Å². The molecule has 6 saturated carbocycles. The Labute approximate surface area is 696 Å². The van der Waals surface area contributed by atoms with Gasteiger partial charge >= 0.3 is 47.8 Å². The summed E-state index contributed by atoms with van der Waals surface area (Å²) < 4.78 is 58.2. The number of carbonyl (C=O) groups excluding carboxylic acids is 8. The molecule has 110 heavy (non-hydrogen) atoms. The molecule has 2 aliphatic heterocycles. The van der Waals surface area contributed by atoms with E-state index < -0.39 is 239 Å². The highest BCUT2D eigenvalue weighted by molar-refractivity contribution is 6.64. The highest BCUT2D eigenvalue weighted by Gasteiger charge is 2.94. The van der Waals surface area contributed by atoms with E-state index in [4.69, 9.17) is 186 Å². The molecule has 20 atom stereocenters. The maximum absolute atomic E-state index is 16.5. The molecular weight excluding hydrogens is 1700 g/mol. The standard InChI is InChI=1S/C70H86O24.4CHCl3/c1-29(2)51(75)91-59-63(11)27-67(93-53(77)31(5)6)65(13,45(63)43(71)57(81)85-15)35-17-21-61(9)41(37(35)47(73)69(59,67)83)39(55(79)89-49(61)33-19-23-87-25-33)40-42-38-36(18-22-62(42,10)50(90-56(40)80)34-20-24-88-26-34)66(14)46(44(72)58(82)86-16)64(12)28-68(66,94-54(78)32(7)8)70(84,48(38)74)60(64)92-52(76)30(3)4;4*2-1(3)4/h19-20,23-26,29-32,35-36,43-46,49-50,59-60,71-74,83-84H,17-18,21-22,27-28H2,1-16H3;4*1H/t35-,36-,43+,44+,45-,46-,49-,50-,59-,60-,61+,62+,63+,64+,65+,66+,67+,68+,69+,70+;;;;/m0..../s1. The Hall–Kier alpha value is -3.80. The van der Waals surface area contributed by atoms with E-state index in [0.717, 1.165) is 14.2 Å². The Bertz CT molecular complexity index is 3750. The molecule has 0 amide bonds. The second-order valence-electron chi connectivity index (χ2n) is 31.8. The van der Waals surface area contributed by atoms with Crippen LogP contribution in [-0.4, -0.2) is 157 Å². The van der Waals surface area contributed by atoms with Gasteiger partial charge < -0.3 is 77.4 Å². The fraction of sp³-hybridized carbons (Fsp3) is 0.676. The summed E-state index contributed by atoms with van der Waals surface area (Å²) >= 11 is 57.7. The zero-order valence-electron chi connectivity index (χ0n) is 62.7. The number of halogens is 12. The van der Waals surface area contributed by atoms with Crippen molar-refractivity contribution in [3.05, 3.63) is 93.3 Å². The molecule has 0 spiro atoms. The van der Waals surface area contributed by atoms with Crippen LogP contribution in [0.25, 0.3) is 0 Å². The van der Waals surface area contributed by atoms with Gasteiger partial charge in [-0.25, -0.2) is 19.2 Å². The van der Waals surface area contributed by atoms with Crippen LogP contribution in [0.2, 0.25) is 0 Å². The zero-order chi connectivity index (χ0) is 83.3. The molecular formula is C74H90Cl12O24. The van der Waals surface area contributed by atoms with Crippen molar-refractivity contribution in [3.8, 4) is 0 Å². The van der Waals surface area contributed by atoms with Gasteiger partial charge in [-0.15, -0.1) is 0 Å². The average Bonchev–Trinajstić information content (AvgIpc) is 1.43. The number of carbonyl (C=O) groups is 8. The Morgan fingerprint density at radius 1 is 0.473 bits per heavy atom. The Balaban J connectivity index is 0.000000868. The van der Waals surface area contributed by atoms with Gasteiger partial charge in [0.05, 0.1) is 74.1 Å². The number of aliphatic hydroxyl groups is 6. The van der Waals surface area contributed by atoms with Gasteiger partial charge in [0, 0.05) is 79.4 Å². The summed E-state index contributed by atoms with van der Waals surface area (Å²) in [6.45, 7) is 22.0. The third-order valence-corrected chi connectivity index (χ3v) is 24.7. The van der Waals surface area contributed by atoms with E-state index in [2.05, 4.69) is 0 Å². The van der Waals surface area contributed by atoms with Crippen molar-refractivity contribution in [2.24, 2.45) is 79.8 Å². The van der Waals surface area contributed by atoms with Gasteiger partial charge in [-0.1, -0.05) is 236 Å². The normalized spacial score (nSPS) is 36.5. The van der Waals surface area contributed by atoms with Crippen molar-refractivity contribution < 1.29 is 116 Å².